The second-order valence-electron chi connectivity index (χ2n) is 6.28. The SMILES string of the molecule is CC1CCCC(C)N1C(=O)C1Cc2ccccc2CN1. The molecule has 1 amide bonds. The molecule has 0 aliphatic carbocycles. The summed E-state index contributed by atoms with van der Waals surface area (Å²) in [5.74, 6) is 0.291. The van der Waals surface area contributed by atoms with Crippen molar-refractivity contribution < 1.29 is 4.79 Å². The highest BCUT2D eigenvalue weighted by molar-refractivity contribution is 5.83. The third-order valence-electron chi connectivity index (χ3n) is 4.83. The van der Waals surface area contributed by atoms with Gasteiger partial charge in [-0.1, -0.05) is 24.3 Å². The molecule has 20 heavy (non-hydrogen) atoms. The second-order valence-corrected chi connectivity index (χ2v) is 6.28. The van der Waals surface area contributed by atoms with Crippen molar-refractivity contribution in [1.82, 2.24) is 10.2 Å². The van der Waals surface area contributed by atoms with E-state index in [-0.39, 0.29) is 6.04 Å². The van der Waals surface area contributed by atoms with Gasteiger partial charge >= 0.3 is 0 Å². The molecule has 3 atom stereocenters. The summed E-state index contributed by atoms with van der Waals surface area (Å²) in [6, 6.07) is 9.15. The number of rotatable bonds is 1. The Morgan fingerprint density at radius 1 is 1.15 bits per heavy atom. The van der Waals surface area contributed by atoms with E-state index in [1.54, 1.807) is 0 Å². The number of carbonyl (C=O) groups is 1. The number of fused-ring (bicyclic) bond motifs is 1. The molecule has 1 aromatic carbocycles. The number of hydrogen-bond donors (Lipinski definition) is 1. The zero-order valence-corrected chi connectivity index (χ0v) is 12.4. The molecule has 3 unspecified atom stereocenters. The predicted octanol–water partition coefficient (Wildman–Crippen LogP) is 2.49. The zero-order chi connectivity index (χ0) is 14.1. The van der Waals surface area contributed by atoms with E-state index < -0.39 is 0 Å². The van der Waals surface area contributed by atoms with Gasteiger partial charge in [-0.2, -0.15) is 0 Å². The topological polar surface area (TPSA) is 32.3 Å². The number of nitrogens with zero attached hydrogens (tertiary/aromatic N) is 1. The van der Waals surface area contributed by atoms with Gasteiger partial charge in [0.25, 0.3) is 0 Å². The van der Waals surface area contributed by atoms with Gasteiger partial charge in [-0.15, -0.1) is 0 Å². The molecular weight excluding hydrogens is 248 g/mol. The van der Waals surface area contributed by atoms with Crippen molar-refractivity contribution in [2.45, 2.75) is 64.2 Å². The lowest BCUT2D eigenvalue weighted by Gasteiger charge is -2.41. The van der Waals surface area contributed by atoms with E-state index in [4.69, 9.17) is 0 Å². The molecule has 1 N–H and O–H groups in total. The largest absolute Gasteiger partial charge is 0.336 e. The minimum Gasteiger partial charge on any atom is -0.336 e. The summed E-state index contributed by atoms with van der Waals surface area (Å²) in [4.78, 5) is 15.0. The molecule has 0 spiro atoms. The molecule has 2 aliphatic heterocycles. The highest BCUT2D eigenvalue weighted by Crippen LogP contribution is 2.25. The van der Waals surface area contributed by atoms with Crippen molar-refractivity contribution in [3.05, 3.63) is 35.4 Å². The van der Waals surface area contributed by atoms with Gasteiger partial charge in [-0.3, -0.25) is 4.79 Å². The average Bonchev–Trinajstić information content (AvgIpc) is 2.46. The summed E-state index contributed by atoms with van der Waals surface area (Å²) in [7, 11) is 0. The molecule has 2 heterocycles. The van der Waals surface area contributed by atoms with Gasteiger partial charge in [0.1, 0.15) is 0 Å². The van der Waals surface area contributed by atoms with E-state index in [9.17, 15) is 4.79 Å². The summed E-state index contributed by atoms with van der Waals surface area (Å²) in [5.41, 5.74) is 2.65. The minimum absolute atomic E-state index is 0.0482. The van der Waals surface area contributed by atoms with Gasteiger partial charge in [0, 0.05) is 18.6 Å². The van der Waals surface area contributed by atoms with Gasteiger partial charge in [0.15, 0.2) is 0 Å². The lowest BCUT2D eigenvalue weighted by atomic mass is 9.92. The summed E-state index contributed by atoms with van der Waals surface area (Å²) in [6.45, 7) is 5.18. The third-order valence-corrected chi connectivity index (χ3v) is 4.83. The number of amides is 1. The minimum atomic E-state index is -0.0482. The number of piperidine rings is 1. The van der Waals surface area contributed by atoms with Crippen molar-refractivity contribution in [2.75, 3.05) is 0 Å². The molecule has 0 aromatic heterocycles. The fourth-order valence-electron chi connectivity index (χ4n) is 3.66. The normalized spacial score (nSPS) is 29.9. The van der Waals surface area contributed by atoms with Crippen LogP contribution in [0.3, 0.4) is 0 Å². The van der Waals surface area contributed by atoms with Crippen molar-refractivity contribution in [2.24, 2.45) is 0 Å². The van der Waals surface area contributed by atoms with Gasteiger partial charge in [0.2, 0.25) is 5.91 Å². The van der Waals surface area contributed by atoms with Crippen LogP contribution in [0.5, 0.6) is 0 Å². The van der Waals surface area contributed by atoms with Crippen LogP contribution in [-0.4, -0.2) is 28.9 Å². The van der Waals surface area contributed by atoms with E-state index in [2.05, 4.69) is 48.3 Å². The van der Waals surface area contributed by atoms with E-state index in [0.29, 0.717) is 18.0 Å². The van der Waals surface area contributed by atoms with Gasteiger partial charge < -0.3 is 10.2 Å². The fraction of sp³-hybridized carbons (Fsp3) is 0.588. The first-order valence-electron chi connectivity index (χ1n) is 7.79. The summed E-state index contributed by atoms with van der Waals surface area (Å²) in [5, 5.41) is 3.42. The Labute approximate surface area is 121 Å². The lowest BCUT2D eigenvalue weighted by molar-refractivity contribution is -0.139. The molecule has 3 nitrogen and oxygen atoms in total. The van der Waals surface area contributed by atoms with Gasteiger partial charge in [0.05, 0.1) is 6.04 Å². The Balaban J connectivity index is 1.75. The average molecular weight is 272 g/mol. The smallest absolute Gasteiger partial charge is 0.240 e. The van der Waals surface area contributed by atoms with Crippen LogP contribution in [0.15, 0.2) is 24.3 Å². The Bertz CT molecular complexity index is 490. The number of carbonyl (C=O) groups excluding carboxylic acids is 1. The highest BCUT2D eigenvalue weighted by atomic mass is 16.2. The molecule has 1 fully saturated rings. The highest BCUT2D eigenvalue weighted by Gasteiger charge is 2.34. The van der Waals surface area contributed by atoms with E-state index in [1.807, 2.05) is 0 Å². The number of hydrogen-bond acceptors (Lipinski definition) is 2. The van der Waals surface area contributed by atoms with Crippen LogP contribution in [0.1, 0.15) is 44.2 Å². The quantitative estimate of drug-likeness (QED) is 0.852. The van der Waals surface area contributed by atoms with Gasteiger partial charge in [-0.25, -0.2) is 0 Å². The van der Waals surface area contributed by atoms with Crippen LogP contribution in [0.4, 0.5) is 0 Å². The van der Waals surface area contributed by atoms with Crippen LogP contribution in [0, 0.1) is 0 Å². The summed E-state index contributed by atoms with van der Waals surface area (Å²) < 4.78 is 0. The Hall–Kier alpha value is -1.35. The van der Waals surface area contributed by atoms with Crippen LogP contribution < -0.4 is 5.32 Å². The van der Waals surface area contributed by atoms with E-state index in [0.717, 1.165) is 25.8 Å². The van der Waals surface area contributed by atoms with Crippen LogP contribution in [0.2, 0.25) is 0 Å². The molecule has 0 bridgehead atoms. The lowest BCUT2D eigenvalue weighted by Crippen LogP contribution is -2.56. The first kappa shape index (κ1) is 13.6. The Morgan fingerprint density at radius 3 is 2.50 bits per heavy atom. The number of benzene rings is 1. The molecule has 108 valence electrons. The zero-order valence-electron chi connectivity index (χ0n) is 12.4. The third kappa shape index (κ3) is 2.47. The molecule has 0 saturated carbocycles. The Kier molecular flexibility index (Phi) is 3.79. The fourth-order valence-corrected chi connectivity index (χ4v) is 3.66. The van der Waals surface area contributed by atoms with Crippen molar-refractivity contribution in [3.63, 3.8) is 0 Å². The standard InChI is InChI=1S/C17H24N2O/c1-12-6-5-7-13(2)19(12)17(20)16-10-14-8-3-4-9-15(14)11-18-16/h3-4,8-9,12-13,16,18H,5-7,10-11H2,1-2H3. The van der Waals surface area contributed by atoms with Crippen molar-refractivity contribution >= 4 is 5.91 Å². The monoisotopic (exact) mass is 272 g/mol. The summed E-state index contributed by atoms with van der Waals surface area (Å²) in [6.07, 6.45) is 4.34. The molecule has 1 aromatic rings. The molecular formula is C17H24N2O. The Morgan fingerprint density at radius 2 is 1.80 bits per heavy atom. The van der Waals surface area contributed by atoms with Crippen molar-refractivity contribution in [1.29, 1.82) is 0 Å². The van der Waals surface area contributed by atoms with E-state index >= 15 is 0 Å². The predicted molar refractivity (Wildman–Crippen MR) is 80.4 cm³/mol. The number of likely N-dealkylation sites (tertiary alicyclic amines) is 1. The molecule has 3 heteroatoms. The second kappa shape index (κ2) is 5.57. The van der Waals surface area contributed by atoms with Crippen LogP contribution in [-0.2, 0) is 17.8 Å². The molecule has 3 rings (SSSR count). The first-order chi connectivity index (χ1) is 9.66. The summed E-state index contributed by atoms with van der Waals surface area (Å²) >= 11 is 0. The first-order valence-corrected chi connectivity index (χ1v) is 7.79. The number of nitrogens with one attached hydrogen (secondary N) is 1. The maximum Gasteiger partial charge on any atom is 0.240 e. The molecule has 1 saturated heterocycles. The van der Waals surface area contributed by atoms with Crippen LogP contribution in [0.25, 0.3) is 0 Å². The van der Waals surface area contributed by atoms with Crippen molar-refractivity contribution in [3.8, 4) is 0 Å². The molecule has 2 aliphatic rings. The van der Waals surface area contributed by atoms with E-state index in [1.165, 1.54) is 17.5 Å². The maximum absolute atomic E-state index is 12.8. The van der Waals surface area contributed by atoms with Crippen LogP contribution >= 0.6 is 0 Å². The maximum atomic E-state index is 12.8. The van der Waals surface area contributed by atoms with Gasteiger partial charge in [-0.05, 0) is 50.7 Å². The molecule has 0 radical (unpaired) electrons.